The first kappa shape index (κ1) is 23.4. The summed E-state index contributed by atoms with van der Waals surface area (Å²) in [5, 5.41) is 9.98. The van der Waals surface area contributed by atoms with Gasteiger partial charge in [0.1, 0.15) is 25.6 Å². The lowest BCUT2D eigenvalue weighted by molar-refractivity contribution is 0.102. The molecule has 33 heavy (non-hydrogen) atoms. The van der Waals surface area contributed by atoms with E-state index in [0.717, 1.165) is 12.8 Å². The van der Waals surface area contributed by atoms with E-state index < -0.39 is 0 Å². The third-order valence-electron chi connectivity index (χ3n) is 5.43. The third kappa shape index (κ3) is 5.45. The van der Waals surface area contributed by atoms with Crippen LogP contribution in [0.3, 0.4) is 0 Å². The number of carbonyl (C=O) groups is 1. The zero-order valence-corrected chi connectivity index (χ0v) is 20.2. The molecule has 1 aliphatic heterocycles. The number of halogens is 1. The van der Waals surface area contributed by atoms with Crippen molar-refractivity contribution in [2.24, 2.45) is 0 Å². The van der Waals surface area contributed by atoms with E-state index in [1.807, 2.05) is 18.2 Å². The van der Waals surface area contributed by atoms with Crippen LogP contribution in [0, 0.1) is 0 Å². The van der Waals surface area contributed by atoms with Crippen LogP contribution < -0.4 is 14.2 Å². The number of nitrogens with zero attached hydrogens (tertiary/aromatic N) is 3. The Balaban J connectivity index is 1.48. The molecule has 0 aliphatic carbocycles. The summed E-state index contributed by atoms with van der Waals surface area (Å²) in [6.45, 7) is 5.49. The molecule has 7 nitrogen and oxygen atoms in total. The van der Waals surface area contributed by atoms with Crippen LogP contribution in [0.15, 0.2) is 47.6 Å². The fourth-order valence-electron chi connectivity index (χ4n) is 3.66. The predicted octanol–water partition coefficient (Wildman–Crippen LogP) is 5.62. The minimum atomic E-state index is -0.00932. The molecule has 9 heteroatoms. The molecule has 2 aromatic carbocycles. The van der Waals surface area contributed by atoms with E-state index in [-0.39, 0.29) is 24.2 Å². The van der Waals surface area contributed by atoms with E-state index in [9.17, 15) is 4.79 Å². The van der Waals surface area contributed by atoms with Crippen LogP contribution >= 0.6 is 23.4 Å². The fraction of sp³-hybridized carbons (Fsp3) is 0.375. The maximum absolute atomic E-state index is 12.9. The Labute approximate surface area is 202 Å². The van der Waals surface area contributed by atoms with Gasteiger partial charge in [-0.3, -0.25) is 4.79 Å². The first-order valence-corrected chi connectivity index (χ1v) is 12.3. The van der Waals surface area contributed by atoms with Crippen LogP contribution in [0.4, 0.5) is 0 Å². The molecule has 3 aromatic rings. The number of carbonyl (C=O) groups excluding carboxylic acids is 1. The average molecular weight is 488 g/mol. The summed E-state index contributed by atoms with van der Waals surface area (Å²) in [6.07, 6.45) is 1.83. The lowest BCUT2D eigenvalue weighted by atomic mass is 10.1. The van der Waals surface area contributed by atoms with E-state index in [2.05, 4.69) is 28.6 Å². The lowest BCUT2D eigenvalue weighted by Crippen LogP contribution is -2.16. The number of para-hydroxylation sites is 1. The van der Waals surface area contributed by atoms with Crippen LogP contribution in [0.2, 0.25) is 5.02 Å². The number of aromatic nitrogens is 3. The van der Waals surface area contributed by atoms with Crippen molar-refractivity contribution in [3.8, 4) is 17.2 Å². The van der Waals surface area contributed by atoms with E-state index in [4.69, 9.17) is 25.8 Å². The normalized spacial score (nSPS) is 12.7. The van der Waals surface area contributed by atoms with E-state index in [1.54, 1.807) is 24.3 Å². The maximum Gasteiger partial charge on any atom is 0.192 e. The Bertz CT molecular complexity index is 1120. The van der Waals surface area contributed by atoms with E-state index in [0.29, 0.717) is 52.0 Å². The number of hydrogen-bond donors (Lipinski definition) is 0. The molecule has 0 bridgehead atoms. The van der Waals surface area contributed by atoms with Gasteiger partial charge >= 0.3 is 0 Å². The van der Waals surface area contributed by atoms with Gasteiger partial charge in [0.2, 0.25) is 0 Å². The summed E-state index contributed by atoms with van der Waals surface area (Å²) < 4.78 is 19.1. The number of ketones is 1. The molecule has 0 spiro atoms. The van der Waals surface area contributed by atoms with Gasteiger partial charge in [-0.1, -0.05) is 49.3 Å². The van der Waals surface area contributed by atoms with Crippen LogP contribution in [0.5, 0.6) is 17.2 Å². The predicted molar refractivity (Wildman–Crippen MR) is 128 cm³/mol. The Kier molecular flexibility index (Phi) is 7.77. The van der Waals surface area contributed by atoms with Crippen molar-refractivity contribution in [2.45, 2.75) is 44.5 Å². The summed E-state index contributed by atoms with van der Waals surface area (Å²) in [6, 6.07) is 12.8. The van der Waals surface area contributed by atoms with Gasteiger partial charge in [-0.25, -0.2) is 0 Å². The third-order valence-corrected chi connectivity index (χ3v) is 6.69. The van der Waals surface area contributed by atoms with E-state index in [1.165, 1.54) is 11.8 Å². The highest BCUT2D eigenvalue weighted by molar-refractivity contribution is 7.99. The van der Waals surface area contributed by atoms with Crippen molar-refractivity contribution < 1.29 is 19.0 Å². The van der Waals surface area contributed by atoms with Crippen molar-refractivity contribution in [1.82, 2.24) is 14.8 Å². The highest BCUT2D eigenvalue weighted by atomic mass is 35.5. The molecule has 174 valence electrons. The molecule has 0 radical (unpaired) electrons. The van der Waals surface area contributed by atoms with Gasteiger partial charge in [0, 0.05) is 11.6 Å². The second-order valence-corrected chi connectivity index (χ2v) is 8.88. The van der Waals surface area contributed by atoms with Crippen molar-refractivity contribution >= 4 is 29.1 Å². The van der Waals surface area contributed by atoms with Gasteiger partial charge in [0.25, 0.3) is 0 Å². The molecule has 4 rings (SSSR count). The number of thioether (sulfide) groups is 1. The number of fused-ring (bicyclic) bond motifs is 1. The van der Waals surface area contributed by atoms with Crippen molar-refractivity contribution in [3.05, 3.63) is 58.9 Å². The monoisotopic (exact) mass is 487 g/mol. The van der Waals surface area contributed by atoms with Crippen molar-refractivity contribution in [3.63, 3.8) is 0 Å². The van der Waals surface area contributed by atoms with Gasteiger partial charge in [0.15, 0.2) is 28.3 Å². The number of rotatable bonds is 10. The molecular weight excluding hydrogens is 462 g/mol. The first-order valence-electron chi connectivity index (χ1n) is 11.0. The number of Topliss-reactive ketones (excluding diaryl/α,β-unsaturated/α-hetero) is 1. The zero-order chi connectivity index (χ0) is 23.2. The molecule has 2 heterocycles. The molecule has 0 saturated heterocycles. The van der Waals surface area contributed by atoms with E-state index >= 15 is 0 Å². The van der Waals surface area contributed by atoms with Gasteiger partial charge in [-0.15, -0.1) is 10.2 Å². The molecule has 0 fully saturated rings. The smallest absolute Gasteiger partial charge is 0.192 e. The van der Waals surface area contributed by atoms with Crippen molar-refractivity contribution in [1.29, 1.82) is 0 Å². The largest absolute Gasteiger partial charge is 0.486 e. The summed E-state index contributed by atoms with van der Waals surface area (Å²) in [5.41, 5.74) is 0.586. The Hall–Kier alpha value is -2.71. The standard InChI is InChI=1S/C24H26ClN3O4S/c1-3-17(4-2)28-23(14-32-20-8-6-5-7-18(20)25)26-27-24(28)33-15-19(29)16-9-10-21-22(13-16)31-12-11-30-21/h5-10,13,17H,3-4,11-12,14-15H2,1-2H3. The summed E-state index contributed by atoms with van der Waals surface area (Å²) in [7, 11) is 0. The van der Waals surface area contributed by atoms with Crippen LogP contribution in [-0.2, 0) is 6.61 Å². The summed E-state index contributed by atoms with van der Waals surface area (Å²) in [5.74, 6) is 2.81. The van der Waals surface area contributed by atoms with Crippen LogP contribution in [-0.4, -0.2) is 39.5 Å². The summed E-state index contributed by atoms with van der Waals surface area (Å²) >= 11 is 7.59. The van der Waals surface area contributed by atoms with Gasteiger partial charge in [-0.05, 0) is 43.2 Å². The quantitative estimate of drug-likeness (QED) is 0.271. The van der Waals surface area contributed by atoms with Crippen LogP contribution in [0.25, 0.3) is 0 Å². The van der Waals surface area contributed by atoms with Crippen LogP contribution in [0.1, 0.15) is 48.9 Å². The van der Waals surface area contributed by atoms with Gasteiger partial charge in [0.05, 0.1) is 10.8 Å². The summed E-state index contributed by atoms with van der Waals surface area (Å²) in [4.78, 5) is 12.9. The first-order chi connectivity index (χ1) is 16.1. The maximum atomic E-state index is 12.9. The molecule has 0 amide bonds. The van der Waals surface area contributed by atoms with Gasteiger partial charge < -0.3 is 18.8 Å². The Morgan fingerprint density at radius 1 is 1.12 bits per heavy atom. The van der Waals surface area contributed by atoms with Gasteiger partial charge in [-0.2, -0.15) is 0 Å². The molecule has 0 unspecified atom stereocenters. The highest BCUT2D eigenvalue weighted by Gasteiger charge is 2.21. The highest BCUT2D eigenvalue weighted by Crippen LogP contribution is 2.32. The second kappa shape index (κ2) is 10.9. The lowest BCUT2D eigenvalue weighted by Gasteiger charge is -2.19. The number of hydrogen-bond acceptors (Lipinski definition) is 7. The Morgan fingerprint density at radius 3 is 2.64 bits per heavy atom. The SMILES string of the molecule is CCC(CC)n1c(COc2ccccc2Cl)nnc1SCC(=O)c1ccc2c(c1)OCCO2. The molecule has 0 atom stereocenters. The molecule has 1 aliphatic rings. The Morgan fingerprint density at radius 2 is 1.88 bits per heavy atom. The molecule has 0 N–H and O–H groups in total. The second-order valence-electron chi connectivity index (χ2n) is 7.53. The topological polar surface area (TPSA) is 75.5 Å². The number of ether oxygens (including phenoxy) is 3. The fourth-order valence-corrected chi connectivity index (χ4v) is 4.77. The number of benzene rings is 2. The molecule has 0 saturated carbocycles. The van der Waals surface area contributed by atoms with Crippen molar-refractivity contribution in [2.75, 3.05) is 19.0 Å². The minimum Gasteiger partial charge on any atom is -0.486 e. The zero-order valence-electron chi connectivity index (χ0n) is 18.6. The average Bonchev–Trinajstić information content (AvgIpc) is 3.25. The molecule has 1 aromatic heterocycles. The minimum absolute atomic E-state index is 0.00932. The molecular formula is C24H26ClN3O4S.